The van der Waals surface area contributed by atoms with Crippen molar-refractivity contribution in [2.45, 2.75) is 77.6 Å². The number of fused-ring (bicyclic) bond motifs is 5. The van der Waals surface area contributed by atoms with Crippen molar-refractivity contribution in [2.75, 3.05) is 6.61 Å². The van der Waals surface area contributed by atoms with E-state index >= 15 is 8.78 Å². The number of Topliss-reactive ketones (excluding diaryl/α,β-unsaturated/α-hetero) is 1. The molecule has 4 aliphatic carbocycles. The fourth-order valence-corrected chi connectivity index (χ4v) is 7.23. The van der Waals surface area contributed by atoms with Crippen LogP contribution >= 0.6 is 0 Å². The molecular formula is C23H30F2O4. The molecule has 0 N–H and O–H groups in total. The summed E-state index contributed by atoms with van der Waals surface area (Å²) in [7, 11) is 0. The van der Waals surface area contributed by atoms with Gasteiger partial charge in [0.2, 0.25) is 0 Å². The molecule has 3 fully saturated rings. The zero-order chi connectivity index (χ0) is 21.2. The van der Waals surface area contributed by atoms with Gasteiger partial charge in [0.15, 0.2) is 11.6 Å². The number of halogens is 2. The Balaban J connectivity index is 1.65. The molecule has 0 unspecified atom stereocenters. The fraction of sp³-hybridized carbons (Fsp3) is 0.783. The van der Waals surface area contributed by atoms with E-state index in [9.17, 15) is 14.4 Å². The van der Waals surface area contributed by atoms with Crippen LogP contribution in [0.5, 0.6) is 0 Å². The Labute approximate surface area is 170 Å². The minimum absolute atomic E-state index is 0.0797. The van der Waals surface area contributed by atoms with E-state index < -0.39 is 34.6 Å². The zero-order valence-electron chi connectivity index (χ0n) is 17.4. The lowest BCUT2D eigenvalue weighted by Gasteiger charge is -2.61. The summed E-state index contributed by atoms with van der Waals surface area (Å²) in [6.45, 7) is 4.86. The summed E-state index contributed by atoms with van der Waals surface area (Å²) in [6, 6.07) is 0. The maximum absolute atomic E-state index is 16.8. The Bertz CT molecular complexity index is 792. The first-order chi connectivity index (χ1) is 13.5. The molecule has 0 aliphatic heterocycles. The number of alkyl halides is 2. The smallest absolute Gasteiger partial charge is 0.303 e. The van der Waals surface area contributed by atoms with Crippen LogP contribution in [0.1, 0.15) is 65.7 Å². The number of hydrogen-bond acceptors (Lipinski definition) is 4. The molecule has 0 aromatic heterocycles. The summed E-state index contributed by atoms with van der Waals surface area (Å²) in [5.41, 5.74) is -2.57. The number of carbonyl (C=O) groups excluding carboxylic acids is 3. The van der Waals surface area contributed by atoms with E-state index in [0.29, 0.717) is 31.3 Å². The van der Waals surface area contributed by atoms with Gasteiger partial charge < -0.3 is 4.74 Å². The summed E-state index contributed by atoms with van der Waals surface area (Å²) in [4.78, 5) is 35.7. The number of rotatable bonds is 3. The maximum Gasteiger partial charge on any atom is 0.303 e. The highest BCUT2D eigenvalue weighted by Gasteiger charge is 2.69. The van der Waals surface area contributed by atoms with Crippen LogP contribution in [0.4, 0.5) is 8.78 Å². The highest BCUT2D eigenvalue weighted by atomic mass is 19.1. The number of carbonyl (C=O) groups is 3. The van der Waals surface area contributed by atoms with E-state index in [0.717, 1.165) is 0 Å². The van der Waals surface area contributed by atoms with Gasteiger partial charge in [-0.1, -0.05) is 13.8 Å². The number of ketones is 2. The van der Waals surface area contributed by atoms with Gasteiger partial charge in [-0.2, -0.15) is 0 Å². The Kier molecular flexibility index (Phi) is 4.78. The molecule has 0 spiro atoms. The fourth-order valence-electron chi connectivity index (χ4n) is 7.23. The van der Waals surface area contributed by atoms with Crippen LogP contribution in [0, 0.1) is 28.6 Å². The quantitative estimate of drug-likeness (QED) is 0.653. The van der Waals surface area contributed by atoms with Gasteiger partial charge in [0, 0.05) is 30.6 Å². The summed E-state index contributed by atoms with van der Waals surface area (Å²) in [5.74, 6) is -1.54. The van der Waals surface area contributed by atoms with E-state index in [-0.39, 0.29) is 49.3 Å². The van der Waals surface area contributed by atoms with Gasteiger partial charge in [-0.25, -0.2) is 8.78 Å². The molecule has 0 radical (unpaired) electrons. The van der Waals surface area contributed by atoms with Gasteiger partial charge in [-0.3, -0.25) is 14.4 Å². The third-order valence-electron chi connectivity index (χ3n) is 8.86. The number of ether oxygens (including phenoxy) is 1. The Hall–Kier alpha value is -1.59. The molecule has 29 heavy (non-hydrogen) atoms. The van der Waals surface area contributed by atoms with Crippen molar-refractivity contribution in [1.29, 1.82) is 0 Å². The SMILES string of the molecule is CC(=O)OCC(=O)[C@H]1CC[C@H]2[C@@H]3C[C@H](F)C4=CC(=O)CC[C@]4(C)[C@@]3(F)CC[C@]12C. The number of hydrogen-bond donors (Lipinski definition) is 0. The molecule has 0 heterocycles. The van der Waals surface area contributed by atoms with Crippen molar-refractivity contribution >= 4 is 17.5 Å². The second kappa shape index (κ2) is 6.71. The summed E-state index contributed by atoms with van der Waals surface area (Å²) in [6.07, 6.45) is 2.88. The molecule has 7 atom stereocenters. The largest absolute Gasteiger partial charge is 0.458 e. The molecule has 3 saturated carbocycles. The molecule has 4 nitrogen and oxygen atoms in total. The number of esters is 1. The lowest BCUT2D eigenvalue weighted by molar-refractivity contribution is -0.163. The first-order valence-electron chi connectivity index (χ1n) is 10.8. The molecule has 6 heteroatoms. The molecule has 0 aromatic rings. The van der Waals surface area contributed by atoms with Crippen molar-refractivity contribution < 1.29 is 27.9 Å². The van der Waals surface area contributed by atoms with Gasteiger partial charge in [0.1, 0.15) is 18.4 Å². The van der Waals surface area contributed by atoms with Crippen molar-refractivity contribution in [3.8, 4) is 0 Å². The third kappa shape index (κ3) is 2.84. The molecular weight excluding hydrogens is 378 g/mol. The second-order valence-corrected chi connectivity index (χ2v) is 10.1. The minimum Gasteiger partial charge on any atom is -0.458 e. The first kappa shape index (κ1) is 20.7. The molecule has 0 saturated heterocycles. The summed E-state index contributed by atoms with van der Waals surface area (Å²) < 4.78 is 36.9. The summed E-state index contributed by atoms with van der Waals surface area (Å²) in [5, 5.41) is 0. The van der Waals surface area contributed by atoms with Gasteiger partial charge in [-0.15, -0.1) is 0 Å². The maximum atomic E-state index is 16.8. The third-order valence-corrected chi connectivity index (χ3v) is 8.86. The van der Waals surface area contributed by atoms with E-state index in [1.807, 2.05) is 6.92 Å². The Morgan fingerprint density at radius 3 is 2.59 bits per heavy atom. The van der Waals surface area contributed by atoms with Gasteiger partial charge in [0.05, 0.1) is 0 Å². The molecule has 0 bridgehead atoms. The van der Waals surface area contributed by atoms with Gasteiger partial charge in [0.25, 0.3) is 0 Å². The second-order valence-electron chi connectivity index (χ2n) is 10.1. The van der Waals surface area contributed by atoms with E-state index in [4.69, 9.17) is 4.74 Å². The highest BCUT2D eigenvalue weighted by molar-refractivity contribution is 5.92. The van der Waals surface area contributed by atoms with Crippen molar-refractivity contribution in [3.05, 3.63) is 11.6 Å². The topological polar surface area (TPSA) is 60.4 Å². The summed E-state index contributed by atoms with van der Waals surface area (Å²) >= 11 is 0. The van der Waals surface area contributed by atoms with Crippen LogP contribution in [0.15, 0.2) is 11.6 Å². The Morgan fingerprint density at radius 2 is 1.90 bits per heavy atom. The van der Waals surface area contributed by atoms with Crippen LogP contribution in [0.25, 0.3) is 0 Å². The average Bonchev–Trinajstić information content (AvgIpc) is 3.01. The predicted octanol–water partition coefficient (Wildman–Crippen LogP) is 4.31. The van der Waals surface area contributed by atoms with Crippen LogP contribution in [-0.2, 0) is 19.1 Å². The van der Waals surface area contributed by atoms with Crippen LogP contribution in [-0.4, -0.2) is 36.0 Å². The molecule has 4 rings (SSSR count). The predicted molar refractivity (Wildman–Crippen MR) is 102 cm³/mol. The van der Waals surface area contributed by atoms with Crippen LogP contribution in [0.2, 0.25) is 0 Å². The van der Waals surface area contributed by atoms with Crippen molar-refractivity contribution in [2.24, 2.45) is 28.6 Å². The minimum atomic E-state index is -1.56. The van der Waals surface area contributed by atoms with Crippen LogP contribution < -0.4 is 0 Å². The average molecular weight is 408 g/mol. The van der Waals surface area contributed by atoms with Crippen molar-refractivity contribution in [3.63, 3.8) is 0 Å². The van der Waals surface area contributed by atoms with Gasteiger partial charge in [-0.05, 0) is 61.5 Å². The normalized spacial score (nSPS) is 46.2. The lowest BCUT2D eigenvalue weighted by Crippen LogP contribution is -2.63. The van der Waals surface area contributed by atoms with E-state index in [1.165, 1.54) is 13.0 Å². The molecule has 4 aliphatic rings. The molecule has 160 valence electrons. The molecule has 0 amide bonds. The van der Waals surface area contributed by atoms with Gasteiger partial charge >= 0.3 is 5.97 Å². The monoisotopic (exact) mass is 408 g/mol. The molecule has 0 aromatic carbocycles. The van der Waals surface area contributed by atoms with E-state index in [1.54, 1.807) is 6.92 Å². The standard InChI is InChI=1S/C23H30F2O4/c1-13(26)29-12-20(28)16-5-4-15-17-11-19(24)18-10-14(27)6-7-22(18,3)23(17,25)9-8-21(15,16)2/h10,15-17,19H,4-9,11-12H2,1-3H3/t15-,16+,17-,19-,21-,22-,23+/m0/s1. The van der Waals surface area contributed by atoms with Crippen molar-refractivity contribution in [1.82, 2.24) is 0 Å². The first-order valence-corrected chi connectivity index (χ1v) is 10.8. The zero-order valence-corrected chi connectivity index (χ0v) is 17.4. The Morgan fingerprint density at radius 1 is 1.17 bits per heavy atom. The lowest BCUT2D eigenvalue weighted by atomic mass is 9.45. The number of allylic oxidation sites excluding steroid dienone is 1. The van der Waals surface area contributed by atoms with Crippen LogP contribution in [0.3, 0.4) is 0 Å². The van der Waals surface area contributed by atoms with E-state index in [2.05, 4.69) is 0 Å². The highest BCUT2D eigenvalue weighted by Crippen LogP contribution is 2.69.